The number of rotatable bonds is 4. The summed E-state index contributed by atoms with van der Waals surface area (Å²) in [5.41, 5.74) is 3.18. The molecule has 0 aliphatic heterocycles. The topological polar surface area (TPSA) is 63.4 Å². The van der Waals surface area contributed by atoms with Crippen molar-refractivity contribution < 1.29 is 4.79 Å². The summed E-state index contributed by atoms with van der Waals surface area (Å²) in [6.07, 6.45) is 5.99. The van der Waals surface area contributed by atoms with Gasteiger partial charge in [0.25, 0.3) is 5.91 Å². The quantitative estimate of drug-likeness (QED) is 0.735. The highest BCUT2D eigenvalue weighted by atomic mass is 16.2. The van der Waals surface area contributed by atoms with Crippen molar-refractivity contribution in [3.8, 4) is 0 Å². The lowest BCUT2D eigenvalue weighted by Gasteiger charge is -2.17. The Bertz CT molecular complexity index is 797. The monoisotopic (exact) mass is 295 g/mol. The average Bonchev–Trinajstić information content (AvgIpc) is 3.02. The van der Waals surface area contributed by atoms with Crippen LogP contribution in [-0.2, 0) is 6.42 Å². The van der Waals surface area contributed by atoms with E-state index in [0.717, 1.165) is 17.7 Å². The van der Waals surface area contributed by atoms with E-state index in [1.165, 1.54) is 0 Å². The molecule has 0 N–H and O–H groups in total. The number of fused-ring (bicyclic) bond motifs is 1. The van der Waals surface area contributed by atoms with E-state index >= 15 is 0 Å². The number of nitrogens with zero attached hydrogens (tertiary/aromatic N) is 5. The summed E-state index contributed by atoms with van der Waals surface area (Å²) in [7, 11) is 1.79. The number of aromatic nitrogens is 4. The van der Waals surface area contributed by atoms with E-state index in [9.17, 15) is 4.79 Å². The molecule has 3 rings (SSSR count). The Morgan fingerprint density at radius 3 is 2.77 bits per heavy atom. The number of hydrogen-bond donors (Lipinski definition) is 0. The minimum atomic E-state index is -0.0825. The number of carbonyl (C=O) groups excluding carboxylic acids is 1. The second kappa shape index (κ2) is 5.93. The molecule has 0 saturated carbocycles. The van der Waals surface area contributed by atoms with Gasteiger partial charge in [0.2, 0.25) is 0 Å². The van der Waals surface area contributed by atoms with Crippen molar-refractivity contribution in [1.29, 1.82) is 0 Å². The van der Waals surface area contributed by atoms with E-state index < -0.39 is 0 Å². The van der Waals surface area contributed by atoms with Crippen LogP contribution in [0.15, 0.2) is 42.9 Å². The SMILES string of the molecule is Cc1cc(C(=O)N(C)CCc2ccncc2)nc2ccnn12. The highest BCUT2D eigenvalue weighted by Crippen LogP contribution is 2.09. The van der Waals surface area contributed by atoms with Gasteiger partial charge >= 0.3 is 0 Å². The van der Waals surface area contributed by atoms with Crippen LogP contribution in [0.25, 0.3) is 5.65 Å². The molecule has 1 amide bonds. The maximum atomic E-state index is 12.5. The molecule has 6 heteroatoms. The molecule has 0 radical (unpaired) electrons. The van der Waals surface area contributed by atoms with Crippen molar-refractivity contribution in [2.75, 3.05) is 13.6 Å². The maximum absolute atomic E-state index is 12.5. The Balaban J connectivity index is 1.74. The van der Waals surface area contributed by atoms with Crippen LogP contribution in [0, 0.1) is 6.92 Å². The Labute approximate surface area is 128 Å². The summed E-state index contributed by atoms with van der Waals surface area (Å²) in [5.74, 6) is -0.0825. The van der Waals surface area contributed by atoms with Crippen LogP contribution in [0.4, 0.5) is 0 Å². The van der Waals surface area contributed by atoms with Crippen LogP contribution in [0.3, 0.4) is 0 Å². The lowest BCUT2D eigenvalue weighted by Crippen LogP contribution is -2.29. The van der Waals surface area contributed by atoms with Crippen molar-refractivity contribution in [1.82, 2.24) is 24.5 Å². The number of likely N-dealkylation sites (N-methyl/N-ethyl adjacent to an activating group) is 1. The standard InChI is InChI=1S/C16H17N5O/c1-12-11-14(19-15-5-9-18-21(12)15)16(22)20(2)10-6-13-3-7-17-8-4-13/h3-5,7-9,11H,6,10H2,1-2H3. The Hall–Kier alpha value is -2.76. The highest BCUT2D eigenvalue weighted by Gasteiger charge is 2.15. The summed E-state index contributed by atoms with van der Waals surface area (Å²) in [6, 6.07) is 7.48. The number of carbonyl (C=O) groups is 1. The van der Waals surface area contributed by atoms with Crippen molar-refractivity contribution >= 4 is 11.6 Å². The summed E-state index contributed by atoms with van der Waals surface area (Å²) in [6.45, 7) is 2.55. The van der Waals surface area contributed by atoms with Crippen molar-refractivity contribution in [3.05, 3.63) is 59.8 Å². The first kappa shape index (κ1) is 14.2. The largest absolute Gasteiger partial charge is 0.340 e. The third-order valence-corrected chi connectivity index (χ3v) is 3.59. The number of hydrogen-bond acceptors (Lipinski definition) is 4. The van der Waals surface area contributed by atoms with E-state index in [1.54, 1.807) is 47.2 Å². The average molecular weight is 295 g/mol. The molecule has 0 aromatic carbocycles. The van der Waals surface area contributed by atoms with E-state index in [1.807, 2.05) is 19.1 Å². The molecule has 22 heavy (non-hydrogen) atoms. The molecule has 3 aromatic rings. The first-order chi connectivity index (χ1) is 10.6. The fourth-order valence-electron chi connectivity index (χ4n) is 2.32. The molecule has 0 unspecified atom stereocenters. The van der Waals surface area contributed by atoms with E-state index in [-0.39, 0.29) is 5.91 Å². The molecule has 0 bridgehead atoms. The fourth-order valence-corrected chi connectivity index (χ4v) is 2.32. The first-order valence-electron chi connectivity index (χ1n) is 7.11. The minimum absolute atomic E-state index is 0.0825. The van der Waals surface area contributed by atoms with Crippen LogP contribution in [0.5, 0.6) is 0 Å². The number of aryl methyl sites for hydroxylation is 1. The van der Waals surface area contributed by atoms with Gasteiger partial charge in [-0.25, -0.2) is 9.50 Å². The van der Waals surface area contributed by atoms with Crippen LogP contribution in [0.1, 0.15) is 21.7 Å². The predicted octanol–water partition coefficient (Wildman–Crippen LogP) is 1.75. The minimum Gasteiger partial charge on any atom is -0.340 e. The number of pyridine rings is 1. The van der Waals surface area contributed by atoms with Crippen LogP contribution in [0.2, 0.25) is 0 Å². The normalized spacial score (nSPS) is 10.8. The van der Waals surface area contributed by atoms with Crippen LogP contribution in [-0.4, -0.2) is 44.0 Å². The molecule has 3 heterocycles. The Kier molecular flexibility index (Phi) is 3.82. The van der Waals surface area contributed by atoms with Gasteiger partial charge in [-0.2, -0.15) is 5.10 Å². The van der Waals surface area contributed by atoms with Gasteiger partial charge in [-0.05, 0) is 37.1 Å². The molecule has 0 aliphatic rings. The zero-order valence-corrected chi connectivity index (χ0v) is 12.6. The number of amides is 1. The van der Waals surface area contributed by atoms with Gasteiger partial charge in [0.05, 0.1) is 6.20 Å². The third-order valence-electron chi connectivity index (χ3n) is 3.59. The van der Waals surface area contributed by atoms with Gasteiger partial charge < -0.3 is 4.90 Å². The van der Waals surface area contributed by atoms with Gasteiger partial charge in [-0.15, -0.1) is 0 Å². The third kappa shape index (κ3) is 2.81. The van der Waals surface area contributed by atoms with E-state index in [2.05, 4.69) is 15.1 Å². The molecular formula is C16H17N5O. The second-order valence-corrected chi connectivity index (χ2v) is 5.22. The van der Waals surface area contributed by atoms with Crippen LogP contribution >= 0.6 is 0 Å². The molecule has 0 saturated heterocycles. The Morgan fingerprint density at radius 2 is 2.00 bits per heavy atom. The molecule has 3 aromatic heterocycles. The van der Waals surface area contributed by atoms with E-state index in [0.29, 0.717) is 17.9 Å². The zero-order valence-electron chi connectivity index (χ0n) is 12.6. The summed E-state index contributed by atoms with van der Waals surface area (Å²) in [5, 5.41) is 4.16. The summed E-state index contributed by atoms with van der Waals surface area (Å²) >= 11 is 0. The maximum Gasteiger partial charge on any atom is 0.272 e. The lowest BCUT2D eigenvalue weighted by atomic mass is 10.2. The highest BCUT2D eigenvalue weighted by molar-refractivity contribution is 5.92. The fraction of sp³-hybridized carbons (Fsp3) is 0.250. The van der Waals surface area contributed by atoms with Gasteiger partial charge in [-0.1, -0.05) is 0 Å². The van der Waals surface area contributed by atoms with E-state index in [4.69, 9.17) is 0 Å². The molecule has 0 fully saturated rings. The van der Waals surface area contributed by atoms with Crippen molar-refractivity contribution in [2.45, 2.75) is 13.3 Å². The first-order valence-corrected chi connectivity index (χ1v) is 7.11. The van der Waals surface area contributed by atoms with Gasteiger partial charge in [-0.3, -0.25) is 9.78 Å². The molecular weight excluding hydrogens is 278 g/mol. The molecule has 6 nitrogen and oxygen atoms in total. The van der Waals surface area contributed by atoms with Gasteiger partial charge in [0.15, 0.2) is 5.65 Å². The van der Waals surface area contributed by atoms with Crippen LogP contribution < -0.4 is 0 Å². The Morgan fingerprint density at radius 1 is 1.23 bits per heavy atom. The molecule has 0 spiro atoms. The zero-order chi connectivity index (χ0) is 15.5. The van der Waals surface area contributed by atoms with Gasteiger partial charge in [0.1, 0.15) is 5.69 Å². The summed E-state index contributed by atoms with van der Waals surface area (Å²) < 4.78 is 1.72. The summed E-state index contributed by atoms with van der Waals surface area (Å²) in [4.78, 5) is 22.6. The second-order valence-electron chi connectivity index (χ2n) is 5.22. The van der Waals surface area contributed by atoms with Crippen molar-refractivity contribution in [3.63, 3.8) is 0 Å². The lowest BCUT2D eigenvalue weighted by molar-refractivity contribution is 0.0791. The molecule has 0 atom stereocenters. The van der Waals surface area contributed by atoms with Crippen molar-refractivity contribution in [2.24, 2.45) is 0 Å². The molecule has 112 valence electrons. The molecule has 0 aliphatic carbocycles. The van der Waals surface area contributed by atoms with Gasteiger partial charge in [0, 0.05) is 37.7 Å². The smallest absolute Gasteiger partial charge is 0.272 e. The predicted molar refractivity (Wildman–Crippen MR) is 82.6 cm³/mol.